The molecule has 1 N–H and O–H groups in total. The van der Waals surface area contributed by atoms with Crippen molar-refractivity contribution in [3.8, 4) is 0 Å². The van der Waals surface area contributed by atoms with Crippen molar-refractivity contribution >= 4 is 31.0 Å². The molecule has 0 saturated heterocycles. The fourth-order valence-corrected chi connectivity index (χ4v) is 2.27. The van der Waals surface area contributed by atoms with Crippen LogP contribution in [0.15, 0.2) is 4.90 Å². The Morgan fingerprint density at radius 2 is 1.59 bits per heavy atom. The third kappa shape index (κ3) is 2.29. The summed E-state index contributed by atoms with van der Waals surface area (Å²) in [6, 6.07) is 0. The van der Waals surface area contributed by atoms with Gasteiger partial charge in [0.2, 0.25) is 0 Å². The van der Waals surface area contributed by atoms with E-state index in [0.29, 0.717) is 0 Å². The zero-order valence-corrected chi connectivity index (χ0v) is 10.4. The molecular formula is C10H11BF3O2S-. The number of carboxylic acids is 1. The molecule has 0 aliphatic heterocycles. The van der Waals surface area contributed by atoms with E-state index in [4.69, 9.17) is 5.11 Å². The Morgan fingerprint density at radius 3 is 1.94 bits per heavy atom. The van der Waals surface area contributed by atoms with Gasteiger partial charge >= 0.3 is 12.9 Å². The largest absolute Gasteiger partial charge is 0.510 e. The first-order valence-corrected chi connectivity index (χ1v) is 5.29. The standard InChI is InChI=1S/C10H11BF3O2S/c1-4-7(10(15)16)5(2)9(17)6(3)8(4)11(12,13)14/h17H,1-3H3,(H,15,16)/q-1. The molecule has 7 heteroatoms. The summed E-state index contributed by atoms with van der Waals surface area (Å²) in [6.07, 6.45) is 0. The Bertz CT molecular complexity index is 498. The Morgan fingerprint density at radius 1 is 1.12 bits per heavy atom. The zero-order valence-electron chi connectivity index (χ0n) is 9.51. The topological polar surface area (TPSA) is 37.3 Å². The summed E-state index contributed by atoms with van der Waals surface area (Å²) >= 11 is 3.97. The summed E-state index contributed by atoms with van der Waals surface area (Å²) in [7, 11) is 0. The maximum Gasteiger partial charge on any atom is 0.510 e. The van der Waals surface area contributed by atoms with Gasteiger partial charge in [-0.05, 0) is 26.3 Å². The van der Waals surface area contributed by atoms with Gasteiger partial charge in [0.25, 0.3) is 0 Å². The fourth-order valence-electron chi connectivity index (χ4n) is 2.04. The van der Waals surface area contributed by atoms with E-state index in [0.717, 1.165) is 0 Å². The quantitative estimate of drug-likeness (QED) is 0.635. The summed E-state index contributed by atoms with van der Waals surface area (Å²) in [6.45, 7) is -1.31. The number of rotatable bonds is 2. The van der Waals surface area contributed by atoms with E-state index in [1.807, 2.05) is 0 Å². The number of benzene rings is 1. The second-order valence-electron chi connectivity index (χ2n) is 3.89. The highest BCUT2D eigenvalue weighted by atomic mass is 32.1. The molecule has 0 bridgehead atoms. The Labute approximate surface area is 102 Å². The summed E-state index contributed by atoms with van der Waals surface area (Å²) in [4.78, 5) is 11.1. The first-order chi connectivity index (χ1) is 7.59. The van der Waals surface area contributed by atoms with Crippen LogP contribution in [-0.2, 0) is 0 Å². The van der Waals surface area contributed by atoms with Crippen molar-refractivity contribution in [2.75, 3.05) is 0 Å². The molecule has 1 rings (SSSR count). The Kier molecular flexibility index (Phi) is 3.52. The predicted molar refractivity (Wildman–Crippen MR) is 63.6 cm³/mol. The van der Waals surface area contributed by atoms with Gasteiger partial charge in [-0.25, -0.2) is 4.79 Å². The average Bonchev–Trinajstić information content (AvgIpc) is 2.11. The molecule has 0 radical (unpaired) electrons. The molecule has 0 aromatic heterocycles. The van der Waals surface area contributed by atoms with E-state index in [1.165, 1.54) is 20.8 Å². The average molecular weight is 263 g/mol. The summed E-state index contributed by atoms with van der Waals surface area (Å²) in [5.41, 5.74) is -1.15. The fraction of sp³-hybridized carbons (Fsp3) is 0.300. The molecule has 1 aromatic carbocycles. The number of aromatic carboxylic acids is 1. The lowest BCUT2D eigenvalue weighted by molar-refractivity contribution is 0.0695. The molecule has 0 saturated carbocycles. The number of hydrogen-bond donors (Lipinski definition) is 2. The molecule has 1 aromatic rings. The van der Waals surface area contributed by atoms with Crippen LogP contribution in [0.5, 0.6) is 0 Å². The van der Waals surface area contributed by atoms with Crippen molar-refractivity contribution in [3.63, 3.8) is 0 Å². The maximum atomic E-state index is 12.9. The van der Waals surface area contributed by atoms with Gasteiger partial charge in [0, 0.05) is 4.90 Å². The smallest absolute Gasteiger partial charge is 0.478 e. The minimum absolute atomic E-state index is 0.0131. The molecular weight excluding hydrogens is 252 g/mol. The lowest BCUT2D eigenvalue weighted by Gasteiger charge is -2.25. The molecule has 0 aliphatic rings. The summed E-state index contributed by atoms with van der Waals surface area (Å²) in [5, 5.41) is 8.96. The van der Waals surface area contributed by atoms with Gasteiger partial charge in [-0.3, -0.25) is 0 Å². The van der Waals surface area contributed by atoms with Crippen LogP contribution in [-0.4, -0.2) is 18.1 Å². The van der Waals surface area contributed by atoms with E-state index >= 15 is 0 Å². The molecule has 0 atom stereocenters. The van der Waals surface area contributed by atoms with Gasteiger partial charge in [0.05, 0.1) is 5.56 Å². The number of halogens is 3. The molecule has 0 amide bonds. The second kappa shape index (κ2) is 4.29. The van der Waals surface area contributed by atoms with E-state index in [-0.39, 0.29) is 27.1 Å². The van der Waals surface area contributed by atoms with Crippen LogP contribution in [0.1, 0.15) is 27.0 Å². The second-order valence-corrected chi connectivity index (χ2v) is 4.34. The SMILES string of the molecule is Cc1c(S)c(C)c([B-](F)(F)F)c(C)c1C(=O)O. The molecule has 2 nitrogen and oxygen atoms in total. The molecule has 0 spiro atoms. The number of carbonyl (C=O) groups is 1. The predicted octanol–water partition coefficient (Wildman–Crippen LogP) is 2.65. The van der Waals surface area contributed by atoms with Crippen molar-refractivity contribution in [1.29, 1.82) is 0 Å². The van der Waals surface area contributed by atoms with Gasteiger partial charge in [-0.1, -0.05) is 11.1 Å². The highest BCUT2D eigenvalue weighted by molar-refractivity contribution is 7.80. The third-order valence-electron chi connectivity index (χ3n) is 2.81. The van der Waals surface area contributed by atoms with Crippen molar-refractivity contribution in [2.45, 2.75) is 25.7 Å². The molecule has 0 aliphatic carbocycles. The van der Waals surface area contributed by atoms with Gasteiger partial charge in [0.15, 0.2) is 0 Å². The van der Waals surface area contributed by atoms with Crippen LogP contribution < -0.4 is 5.46 Å². The van der Waals surface area contributed by atoms with Crippen LogP contribution in [0, 0.1) is 20.8 Å². The summed E-state index contributed by atoms with van der Waals surface area (Å²) in [5.74, 6) is -1.36. The van der Waals surface area contributed by atoms with Crippen molar-refractivity contribution in [1.82, 2.24) is 0 Å². The Hall–Kier alpha value is -1.11. The number of hydrogen-bond acceptors (Lipinski definition) is 2. The minimum atomic E-state index is -5.25. The van der Waals surface area contributed by atoms with Crippen LogP contribution >= 0.6 is 12.6 Å². The molecule has 94 valence electrons. The lowest BCUT2D eigenvalue weighted by Crippen LogP contribution is -2.40. The van der Waals surface area contributed by atoms with E-state index in [2.05, 4.69) is 12.6 Å². The lowest BCUT2D eigenvalue weighted by atomic mass is 9.72. The molecule has 17 heavy (non-hydrogen) atoms. The normalized spacial score (nSPS) is 11.7. The first-order valence-electron chi connectivity index (χ1n) is 4.84. The van der Waals surface area contributed by atoms with Gasteiger partial charge < -0.3 is 18.1 Å². The van der Waals surface area contributed by atoms with Gasteiger partial charge in [0.1, 0.15) is 0 Å². The summed E-state index contributed by atoms with van der Waals surface area (Å²) < 4.78 is 38.7. The molecule has 0 heterocycles. The van der Waals surface area contributed by atoms with Crippen molar-refractivity contribution < 1.29 is 22.8 Å². The highest BCUT2D eigenvalue weighted by Gasteiger charge is 2.33. The van der Waals surface area contributed by atoms with Gasteiger partial charge in [-0.15, -0.1) is 18.1 Å². The monoisotopic (exact) mass is 263 g/mol. The first kappa shape index (κ1) is 14.0. The molecule has 0 fully saturated rings. The zero-order chi connectivity index (χ0) is 13.5. The van der Waals surface area contributed by atoms with Crippen LogP contribution in [0.25, 0.3) is 0 Å². The van der Waals surface area contributed by atoms with Crippen molar-refractivity contribution in [2.24, 2.45) is 0 Å². The number of thiol groups is 1. The minimum Gasteiger partial charge on any atom is -0.478 e. The maximum absolute atomic E-state index is 12.9. The Balaban J connectivity index is 3.81. The van der Waals surface area contributed by atoms with Crippen molar-refractivity contribution in [3.05, 3.63) is 22.3 Å². The number of carboxylic acid groups (broad SMARTS) is 1. The van der Waals surface area contributed by atoms with Crippen LogP contribution in [0.3, 0.4) is 0 Å². The van der Waals surface area contributed by atoms with E-state index in [9.17, 15) is 17.7 Å². The van der Waals surface area contributed by atoms with Crippen LogP contribution in [0.4, 0.5) is 12.9 Å². The van der Waals surface area contributed by atoms with E-state index in [1.54, 1.807) is 0 Å². The molecule has 0 unspecified atom stereocenters. The van der Waals surface area contributed by atoms with Gasteiger partial charge in [-0.2, -0.15) is 0 Å². The van der Waals surface area contributed by atoms with E-state index < -0.39 is 18.4 Å². The third-order valence-corrected chi connectivity index (χ3v) is 3.48. The van der Waals surface area contributed by atoms with Crippen LogP contribution in [0.2, 0.25) is 0 Å². The highest BCUT2D eigenvalue weighted by Crippen LogP contribution is 2.27.